The van der Waals surface area contributed by atoms with Gasteiger partial charge in [-0.3, -0.25) is 0 Å². The Kier molecular flexibility index (Phi) is 3.03. The van der Waals surface area contributed by atoms with Crippen molar-refractivity contribution in [1.29, 1.82) is 0 Å². The molecule has 0 unspecified atom stereocenters. The van der Waals surface area contributed by atoms with Gasteiger partial charge in [-0.2, -0.15) is 4.98 Å². The Bertz CT molecular complexity index is 400. The molecule has 1 fully saturated rings. The molecular formula is C11H14N2O3. The van der Waals surface area contributed by atoms with Crippen molar-refractivity contribution in [3.63, 3.8) is 0 Å². The topological polar surface area (TPSA) is 72.3 Å². The van der Waals surface area contributed by atoms with E-state index in [1.165, 1.54) is 6.20 Å². The lowest BCUT2D eigenvalue weighted by Crippen LogP contribution is -2.15. The molecule has 0 aromatic carbocycles. The monoisotopic (exact) mass is 222 g/mol. The number of hydrogen-bond donors (Lipinski definition) is 1. The minimum absolute atomic E-state index is 0.0394. The number of hydrogen-bond acceptors (Lipinski definition) is 4. The normalized spacial score (nSPS) is 16.3. The standard InChI is InChI=1S/C11H14N2O3/c1-7-12-6-9(11(14)15)10(13-7)16-8-4-2-3-5-8/h6,8H,2-5H2,1H3,(H,14,15). The van der Waals surface area contributed by atoms with E-state index in [0.29, 0.717) is 5.82 Å². The smallest absolute Gasteiger partial charge is 0.342 e. The average molecular weight is 222 g/mol. The predicted molar refractivity (Wildman–Crippen MR) is 56.6 cm³/mol. The fourth-order valence-electron chi connectivity index (χ4n) is 1.85. The van der Waals surface area contributed by atoms with Crippen LogP contribution in [0.5, 0.6) is 5.88 Å². The first kappa shape index (κ1) is 10.9. The molecule has 16 heavy (non-hydrogen) atoms. The van der Waals surface area contributed by atoms with Crippen molar-refractivity contribution in [3.05, 3.63) is 17.6 Å². The molecule has 0 atom stereocenters. The van der Waals surface area contributed by atoms with Gasteiger partial charge in [0.05, 0.1) is 0 Å². The van der Waals surface area contributed by atoms with Gasteiger partial charge in [0.2, 0.25) is 5.88 Å². The molecule has 5 heteroatoms. The number of carboxylic acids is 1. The quantitative estimate of drug-likeness (QED) is 0.844. The van der Waals surface area contributed by atoms with Gasteiger partial charge in [0.1, 0.15) is 17.5 Å². The van der Waals surface area contributed by atoms with E-state index in [1.807, 2.05) is 0 Å². The van der Waals surface area contributed by atoms with Crippen LogP contribution in [0.1, 0.15) is 41.9 Å². The molecular weight excluding hydrogens is 208 g/mol. The fourth-order valence-corrected chi connectivity index (χ4v) is 1.85. The van der Waals surface area contributed by atoms with Crippen LogP contribution in [0.4, 0.5) is 0 Å². The SMILES string of the molecule is Cc1ncc(C(=O)O)c(OC2CCCC2)n1. The van der Waals surface area contributed by atoms with Crippen molar-refractivity contribution in [2.45, 2.75) is 38.7 Å². The maximum atomic E-state index is 10.9. The summed E-state index contributed by atoms with van der Waals surface area (Å²) in [6.45, 7) is 1.72. The summed E-state index contributed by atoms with van der Waals surface area (Å²) < 4.78 is 5.62. The summed E-state index contributed by atoms with van der Waals surface area (Å²) in [4.78, 5) is 18.9. The molecule has 86 valence electrons. The van der Waals surface area contributed by atoms with Crippen LogP contribution in [0.25, 0.3) is 0 Å². The first-order chi connectivity index (χ1) is 7.66. The molecule has 0 aliphatic heterocycles. The van der Waals surface area contributed by atoms with Crippen LogP contribution < -0.4 is 4.74 Å². The Labute approximate surface area is 93.5 Å². The Balaban J connectivity index is 2.22. The number of aromatic nitrogens is 2. The van der Waals surface area contributed by atoms with E-state index >= 15 is 0 Å². The van der Waals surface area contributed by atoms with Gasteiger partial charge in [-0.1, -0.05) is 0 Å². The molecule has 5 nitrogen and oxygen atoms in total. The van der Waals surface area contributed by atoms with Gasteiger partial charge in [0.15, 0.2) is 0 Å². The third kappa shape index (κ3) is 2.29. The zero-order chi connectivity index (χ0) is 11.5. The molecule has 1 aliphatic rings. The van der Waals surface area contributed by atoms with Crippen LogP contribution in [0.15, 0.2) is 6.20 Å². The summed E-state index contributed by atoms with van der Waals surface area (Å²) in [5, 5.41) is 8.97. The summed E-state index contributed by atoms with van der Waals surface area (Å²) >= 11 is 0. The molecule has 0 saturated heterocycles. The van der Waals surface area contributed by atoms with Crippen molar-refractivity contribution in [3.8, 4) is 5.88 Å². The van der Waals surface area contributed by atoms with E-state index in [2.05, 4.69) is 9.97 Å². The van der Waals surface area contributed by atoms with Gasteiger partial charge in [0, 0.05) is 6.20 Å². The molecule has 1 aromatic heterocycles. The minimum Gasteiger partial charge on any atom is -0.477 e. The van der Waals surface area contributed by atoms with Crippen LogP contribution in [0.2, 0.25) is 0 Å². The fraction of sp³-hybridized carbons (Fsp3) is 0.545. The molecule has 1 heterocycles. The highest BCUT2D eigenvalue weighted by atomic mass is 16.5. The van der Waals surface area contributed by atoms with Crippen LogP contribution in [-0.4, -0.2) is 27.1 Å². The zero-order valence-electron chi connectivity index (χ0n) is 9.14. The molecule has 1 aromatic rings. The van der Waals surface area contributed by atoms with Crippen LogP contribution >= 0.6 is 0 Å². The largest absolute Gasteiger partial charge is 0.477 e. The minimum atomic E-state index is -1.05. The third-order valence-corrected chi connectivity index (χ3v) is 2.69. The first-order valence-corrected chi connectivity index (χ1v) is 5.40. The Morgan fingerprint density at radius 2 is 2.19 bits per heavy atom. The van der Waals surface area contributed by atoms with Crippen molar-refractivity contribution in [2.24, 2.45) is 0 Å². The maximum absolute atomic E-state index is 10.9. The van der Waals surface area contributed by atoms with Gasteiger partial charge in [-0.15, -0.1) is 0 Å². The van der Waals surface area contributed by atoms with Crippen molar-refractivity contribution < 1.29 is 14.6 Å². The van der Waals surface area contributed by atoms with E-state index < -0.39 is 5.97 Å². The molecule has 2 rings (SSSR count). The lowest BCUT2D eigenvalue weighted by Gasteiger charge is -2.13. The molecule has 1 saturated carbocycles. The lowest BCUT2D eigenvalue weighted by molar-refractivity contribution is 0.0687. The highest BCUT2D eigenvalue weighted by Crippen LogP contribution is 2.24. The Hall–Kier alpha value is -1.65. The van der Waals surface area contributed by atoms with Gasteiger partial charge < -0.3 is 9.84 Å². The van der Waals surface area contributed by atoms with Gasteiger partial charge in [-0.05, 0) is 32.6 Å². The first-order valence-electron chi connectivity index (χ1n) is 5.40. The van der Waals surface area contributed by atoms with E-state index in [0.717, 1.165) is 25.7 Å². The molecule has 1 N–H and O–H groups in total. The summed E-state index contributed by atoms with van der Waals surface area (Å²) in [7, 11) is 0. The van der Waals surface area contributed by atoms with Crippen LogP contribution in [0, 0.1) is 6.92 Å². The number of aryl methyl sites for hydroxylation is 1. The number of aromatic carboxylic acids is 1. The summed E-state index contributed by atoms with van der Waals surface area (Å²) in [6.07, 6.45) is 5.63. The predicted octanol–water partition coefficient (Wildman–Crippen LogP) is 1.80. The number of nitrogens with zero attached hydrogens (tertiary/aromatic N) is 2. The Morgan fingerprint density at radius 1 is 1.50 bits per heavy atom. The molecule has 0 amide bonds. The van der Waals surface area contributed by atoms with Gasteiger partial charge >= 0.3 is 5.97 Å². The van der Waals surface area contributed by atoms with Crippen molar-refractivity contribution >= 4 is 5.97 Å². The van der Waals surface area contributed by atoms with Crippen molar-refractivity contribution in [1.82, 2.24) is 9.97 Å². The van der Waals surface area contributed by atoms with E-state index in [9.17, 15) is 4.79 Å². The molecule has 0 spiro atoms. The number of ether oxygens (including phenoxy) is 1. The zero-order valence-corrected chi connectivity index (χ0v) is 9.14. The highest BCUT2D eigenvalue weighted by Gasteiger charge is 2.21. The average Bonchev–Trinajstić information content (AvgIpc) is 2.70. The second-order valence-corrected chi connectivity index (χ2v) is 3.97. The molecule has 1 aliphatic carbocycles. The molecule has 0 radical (unpaired) electrons. The second kappa shape index (κ2) is 4.47. The molecule has 0 bridgehead atoms. The highest BCUT2D eigenvalue weighted by molar-refractivity contribution is 5.89. The number of carboxylic acid groups (broad SMARTS) is 1. The van der Waals surface area contributed by atoms with E-state index in [4.69, 9.17) is 9.84 Å². The number of carbonyl (C=O) groups is 1. The lowest BCUT2D eigenvalue weighted by atomic mass is 10.3. The maximum Gasteiger partial charge on any atom is 0.342 e. The van der Waals surface area contributed by atoms with Gasteiger partial charge in [-0.25, -0.2) is 9.78 Å². The third-order valence-electron chi connectivity index (χ3n) is 2.69. The van der Waals surface area contributed by atoms with Crippen LogP contribution in [0.3, 0.4) is 0 Å². The van der Waals surface area contributed by atoms with Gasteiger partial charge in [0.25, 0.3) is 0 Å². The summed E-state index contributed by atoms with van der Waals surface area (Å²) in [5.74, 6) is -0.321. The summed E-state index contributed by atoms with van der Waals surface area (Å²) in [5.41, 5.74) is 0.0394. The second-order valence-electron chi connectivity index (χ2n) is 3.97. The number of rotatable bonds is 3. The van der Waals surface area contributed by atoms with E-state index in [-0.39, 0.29) is 17.5 Å². The van der Waals surface area contributed by atoms with Crippen molar-refractivity contribution in [2.75, 3.05) is 0 Å². The van der Waals surface area contributed by atoms with E-state index in [1.54, 1.807) is 6.92 Å². The Morgan fingerprint density at radius 3 is 2.81 bits per heavy atom. The summed E-state index contributed by atoms with van der Waals surface area (Å²) in [6, 6.07) is 0. The van der Waals surface area contributed by atoms with Crippen LogP contribution in [-0.2, 0) is 0 Å².